The number of benzene rings is 2. The molecule has 4 aliphatic heterocycles. The Kier molecular flexibility index (Phi) is 5.30. The van der Waals surface area contributed by atoms with Gasteiger partial charge in [0.1, 0.15) is 11.9 Å². The van der Waals surface area contributed by atoms with E-state index in [2.05, 4.69) is 30.1 Å². The number of nitrogens with one attached hydrogen (secondary N) is 1. The Morgan fingerprint density at radius 1 is 1.19 bits per heavy atom. The second-order valence-corrected chi connectivity index (χ2v) is 9.88. The summed E-state index contributed by atoms with van der Waals surface area (Å²) in [6.45, 7) is 7.76. The number of hydrogen-bond donors (Lipinski definition) is 1. The molecule has 1 N–H and O–H groups in total. The van der Waals surface area contributed by atoms with Gasteiger partial charge < -0.3 is 14.8 Å². The molecule has 4 aliphatic rings. The monoisotopic (exact) mass is 431 g/mol. The SMILES string of the molecule is CC1(C)COc2cc(-c3cccc(C#N)c3)ccc2C1NC(=O)O[C@@H]1CN2CCC1CC2. The van der Waals surface area contributed by atoms with Gasteiger partial charge in [0.15, 0.2) is 0 Å². The highest BCUT2D eigenvalue weighted by molar-refractivity contribution is 5.71. The number of hydrogen-bond acceptors (Lipinski definition) is 5. The molecule has 2 aromatic carbocycles. The third kappa shape index (κ3) is 3.93. The van der Waals surface area contributed by atoms with Crippen LogP contribution < -0.4 is 10.1 Å². The van der Waals surface area contributed by atoms with Gasteiger partial charge in [-0.2, -0.15) is 5.26 Å². The minimum absolute atomic E-state index is 0.0188. The zero-order chi connectivity index (χ0) is 22.3. The van der Waals surface area contributed by atoms with Gasteiger partial charge in [-0.25, -0.2) is 4.79 Å². The zero-order valence-corrected chi connectivity index (χ0v) is 18.6. The molecule has 3 saturated heterocycles. The van der Waals surface area contributed by atoms with E-state index in [9.17, 15) is 10.1 Å². The molecule has 4 heterocycles. The van der Waals surface area contributed by atoms with Gasteiger partial charge in [-0.3, -0.25) is 4.90 Å². The van der Waals surface area contributed by atoms with Gasteiger partial charge in [0.05, 0.1) is 24.3 Å². The lowest BCUT2D eigenvalue weighted by Gasteiger charge is -2.44. The number of nitriles is 1. The lowest BCUT2D eigenvalue weighted by Crippen LogP contribution is -2.53. The van der Waals surface area contributed by atoms with Crippen LogP contribution in [-0.4, -0.2) is 43.3 Å². The van der Waals surface area contributed by atoms with Crippen LogP contribution in [0.2, 0.25) is 0 Å². The first kappa shape index (κ1) is 20.8. The van der Waals surface area contributed by atoms with Crippen LogP contribution >= 0.6 is 0 Å². The van der Waals surface area contributed by atoms with Crippen molar-refractivity contribution in [3.05, 3.63) is 53.6 Å². The number of amides is 1. The average Bonchev–Trinajstić information content (AvgIpc) is 2.81. The summed E-state index contributed by atoms with van der Waals surface area (Å²) in [6.07, 6.45) is 1.86. The van der Waals surface area contributed by atoms with Crippen molar-refractivity contribution in [2.75, 3.05) is 26.2 Å². The highest BCUT2D eigenvalue weighted by atomic mass is 16.6. The average molecular weight is 432 g/mol. The summed E-state index contributed by atoms with van der Waals surface area (Å²) in [7, 11) is 0. The molecular formula is C26H29N3O3. The smallest absolute Gasteiger partial charge is 0.407 e. The molecule has 0 saturated carbocycles. The predicted molar refractivity (Wildman–Crippen MR) is 121 cm³/mol. The van der Waals surface area contributed by atoms with Crippen LogP contribution in [0.5, 0.6) is 5.75 Å². The highest BCUT2D eigenvalue weighted by Crippen LogP contribution is 2.44. The van der Waals surface area contributed by atoms with Crippen molar-refractivity contribution in [3.63, 3.8) is 0 Å². The minimum Gasteiger partial charge on any atom is -0.493 e. The lowest BCUT2D eigenvalue weighted by molar-refractivity contribution is -0.0361. The second kappa shape index (κ2) is 8.14. The molecule has 1 amide bonds. The largest absolute Gasteiger partial charge is 0.493 e. The number of alkyl carbamates (subject to hydrolysis) is 1. The van der Waals surface area contributed by atoms with E-state index < -0.39 is 0 Å². The van der Waals surface area contributed by atoms with Crippen LogP contribution in [0.15, 0.2) is 42.5 Å². The Morgan fingerprint density at radius 3 is 2.69 bits per heavy atom. The molecule has 166 valence electrons. The standard InChI is InChI=1S/C26H29N3O3/c1-26(2)16-31-22-13-20(19-5-3-4-17(12-19)14-27)6-7-21(22)24(26)28-25(30)32-23-15-29-10-8-18(23)9-11-29/h3-7,12-13,18,23-24H,8-11,15-16H2,1-2H3,(H,28,30)/t23-,24?/m1/s1. The van der Waals surface area contributed by atoms with Crippen LogP contribution in [0.3, 0.4) is 0 Å². The van der Waals surface area contributed by atoms with Crippen molar-refractivity contribution in [3.8, 4) is 22.9 Å². The van der Waals surface area contributed by atoms with E-state index in [0.29, 0.717) is 18.1 Å². The third-order valence-electron chi connectivity index (χ3n) is 7.15. The Morgan fingerprint density at radius 2 is 1.97 bits per heavy atom. The summed E-state index contributed by atoms with van der Waals surface area (Å²) in [6, 6.07) is 15.5. The van der Waals surface area contributed by atoms with E-state index in [1.54, 1.807) is 6.07 Å². The van der Waals surface area contributed by atoms with Gasteiger partial charge in [0, 0.05) is 17.5 Å². The Hall–Kier alpha value is -3.04. The van der Waals surface area contributed by atoms with Crippen LogP contribution in [0.4, 0.5) is 4.79 Å². The topological polar surface area (TPSA) is 74.6 Å². The molecule has 3 fully saturated rings. The van der Waals surface area contributed by atoms with Gasteiger partial charge in [-0.15, -0.1) is 0 Å². The molecule has 0 radical (unpaired) electrons. The van der Waals surface area contributed by atoms with E-state index in [0.717, 1.165) is 54.9 Å². The van der Waals surface area contributed by atoms with Crippen molar-refractivity contribution in [1.82, 2.24) is 10.2 Å². The fourth-order valence-corrected chi connectivity index (χ4v) is 5.22. The van der Waals surface area contributed by atoms with Gasteiger partial charge >= 0.3 is 6.09 Å². The summed E-state index contributed by atoms with van der Waals surface area (Å²) in [5.41, 5.74) is 3.24. The molecule has 1 unspecified atom stereocenters. The van der Waals surface area contributed by atoms with Crippen LogP contribution in [0.1, 0.15) is 43.9 Å². The Balaban J connectivity index is 1.36. The molecule has 6 heteroatoms. The molecule has 32 heavy (non-hydrogen) atoms. The summed E-state index contributed by atoms with van der Waals surface area (Å²) in [5.74, 6) is 1.24. The number of fused-ring (bicyclic) bond motifs is 4. The molecular weight excluding hydrogens is 402 g/mol. The van der Waals surface area contributed by atoms with Crippen molar-refractivity contribution in [2.24, 2.45) is 11.3 Å². The molecule has 2 bridgehead atoms. The number of carbonyl (C=O) groups excluding carboxylic acids is 1. The van der Waals surface area contributed by atoms with Crippen molar-refractivity contribution < 1.29 is 14.3 Å². The van der Waals surface area contributed by atoms with Crippen LogP contribution in [-0.2, 0) is 4.74 Å². The summed E-state index contributed by atoms with van der Waals surface area (Å²) >= 11 is 0. The van der Waals surface area contributed by atoms with Crippen molar-refractivity contribution in [1.29, 1.82) is 5.26 Å². The molecule has 0 aromatic heterocycles. The normalized spacial score (nSPS) is 27.5. The molecule has 6 rings (SSSR count). The van der Waals surface area contributed by atoms with Gasteiger partial charge in [-0.05, 0) is 61.2 Å². The van der Waals surface area contributed by atoms with E-state index in [-0.39, 0.29) is 23.7 Å². The van der Waals surface area contributed by atoms with Gasteiger partial charge in [0.2, 0.25) is 0 Å². The summed E-state index contributed by atoms with van der Waals surface area (Å²) < 4.78 is 12.0. The fourth-order valence-electron chi connectivity index (χ4n) is 5.22. The number of nitrogens with zero attached hydrogens (tertiary/aromatic N) is 2. The van der Waals surface area contributed by atoms with E-state index >= 15 is 0 Å². The van der Waals surface area contributed by atoms with Crippen molar-refractivity contribution in [2.45, 2.75) is 38.8 Å². The summed E-state index contributed by atoms with van der Waals surface area (Å²) in [4.78, 5) is 15.3. The second-order valence-electron chi connectivity index (χ2n) is 9.88. The first-order valence-electron chi connectivity index (χ1n) is 11.4. The fraction of sp³-hybridized carbons (Fsp3) is 0.462. The Bertz CT molecular complexity index is 1070. The number of rotatable bonds is 3. The van der Waals surface area contributed by atoms with E-state index in [4.69, 9.17) is 9.47 Å². The van der Waals surface area contributed by atoms with Crippen LogP contribution in [0, 0.1) is 22.7 Å². The Labute approximate surface area is 189 Å². The summed E-state index contributed by atoms with van der Waals surface area (Å²) in [5, 5.41) is 12.3. The molecule has 0 aliphatic carbocycles. The maximum absolute atomic E-state index is 12.9. The maximum Gasteiger partial charge on any atom is 0.407 e. The third-order valence-corrected chi connectivity index (χ3v) is 7.15. The van der Waals surface area contributed by atoms with Gasteiger partial charge in [-0.1, -0.05) is 38.1 Å². The minimum atomic E-state index is -0.347. The maximum atomic E-state index is 12.9. The van der Waals surface area contributed by atoms with Crippen molar-refractivity contribution >= 4 is 6.09 Å². The van der Waals surface area contributed by atoms with Gasteiger partial charge in [0.25, 0.3) is 0 Å². The molecule has 0 spiro atoms. The highest BCUT2D eigenvalue weighted by Gasteiger charge is 2.41. The number of ether oxygens (including phenoxy) is 2. The first-order chi connectivity index (χ1) is 15.4. The zero-order valence-electron chi connectivity index (χ0n) is 18.6. The molecule has 2 aromatic rings. The predicted octanol–water partition coefficient (Wildman–Crippen LogP) is 4.51. The van der Waals surface area contributed by atoms with E-state index in [1.807, 2.05) is 36.4 Å². The number of piperidine rings is 3. The van der Waals surface area contributed by atoms with E-state index in [1.165, 1.54) is 0 Å². The first-order valence-corrected chi connectivity index (χ1v) is 11.4. The lowest BCUT2D eigenvalue weighted by atomic mass is 9.78. The molecule has 2 atom stereocenters. The number of carbonyl (C=O) groups is 1. The van der Waals surface area contributed by atoms with Crippen LogP contribution in [0.25, 0.3) is 11.1 Å². The quantitative estimate of drug-likeness (QED) is 0.774. The molecule has 6 nitrogen and oxygen atoms in total.